The third-order valence-corrected chi connectivity index (χ3v) is 2.51. The van der Waals surface area contributed by atoms with Crippen molar-refractivity contribution in [3.05, 3.63) is 27.7 Å². The zero-order valence-corrected chi connectivity index (χ0v) is 8.16. The first-order valence-electron chi connectivity index (χ1n) is 3.33. The predicted molar refractivity (Wildman–Crippen MR) is 53.5 cm³/mol. The SMILES string of the molecule is N#Cc1cncc2[nH]cc(I)c12. The van der Waals surface area contributed by atoms with E-state index in [1.165, 1.54) is 0 Å². The molecule has 0 amide bonds. The molecule has 0 aromatic carbocycles. The highest BCUT2D eigenvalue weighted by Gasteiger charge is 2.05. The fraction of sp³-hybridized carbons (Fsp3) is 0. The Morgan fingerprint density at radius 1 is 1.50 bits per heavy atom. The maximum atomic E-state index is 8.77. The predicted octanol–water partition coefficient (Wildman–Crippen LogP) is 2.04. The van der Waals surface area contributed by atoms with E-state index in [-0.39, 0.29) is 0 Å². The van der Waals surface area contributed by atoms with Crippen LogP contribution in [0.5, 0.6) is 0 Å². The van der Waals surface area contributed by atoms with Gasteiger partial charge < -0.3 is 4.98 Å². The number of aromatic amines is 1. The molecule has 0 bridgehead atoms. The number of nitriles is 1. The number of hydrogen-bond donors (Lipinski definition) is 1. The molecule has 0 fully saturated rings. The van der Waals surface area contributed by atoms with E-state index in [1.54, 1.807) is 12.4 Å². The van der Waals surface area contributed by atoms with Crippen molar-refractivity contribution in [3.8, 4) is 6.07 Å². The molecule has 0 atom stereocenters. The molecular weight excluding hydrogens is 265 g/mol. The van der Waals surface area contributed by atoms with Gasteiger partial charge in [0.25, 0.3) is 0 Å². The average molecular weight is 269 g/mol. The van der Waals surface area contributed by atoms with Gasteiger partial charge in [-0.1, -0.05) is 0 Å². The lowest BCUT2D eigenvalue weighted by Crippen LogP contribution is -1.80. The van der Waals surface area contributed by atoms with Gasteiger partial charge >= 0.3 is 0 Å². The number of nitrogens with one attached hydrogen (secondary N) is 1. The van der Waals surface area contributed by atoms with Crippen molar-refractivity contribution in [1.29, 1.82) is 5.26 Å². The number of H-pyrrole nitrogens is 1. The number of aromatic nitrogens is 2. The Hall–Kier alpha value is -1.09. The second-order valence-electron chi connectivity index (χ2n) is 2.36. The summed E-state index contributed by atoms with van der Waals surface area (Å²) in [4.78, 5) is 6.98. The molecule has 0 saturated heterocycles. The van der Waals surface area contributed by atoms with E-state index in [9.17, 15) is 0 Å². The lowest BCUT2D eigenvalue weighted by Gasteiger charge is -1.91. The largest absolute Gasteiger partial charge is 0.359 e. The molecule has 2 aromatic rings. The van der Waals surface area contributed by atoms with E-state index in [0.717, 1.165) is 14.5 Å². The molecule has 0 saturated carbocycles. The van der Waals surface area contributed by atoms with Crippen molar-refractivity contribution in [2.45, 2.75) is 0 Å². The zero-order chi connectivity index (χ0) is 8.55. The lowest BCUT2D eigenvalue weighted by atomic mass is 10.2. The van der Waals surface area contributed by atoms with Gasteiger partial charge in [0, 0.05) is 21.4 Å². The number of nitrogens with zero attached hydrogens (tertiary/aromatic N) is 2. The molecule has 2 aromatic heterocycles. The first kappa shape index (κ1) is 7.55. The molecule has 0 unspecified atom stereocenters. The molecule has 2 heterocycles. The molecule has 0 aliphatic rings. The average Bonchev–Trinajstić information content (AvgIpc) is 2.48. The van der Waals surface area contributed by atoms with E-state index in [1.807, 2.05) is 6.20 Å². The summed E-state index contributed by atoms with van der Waals surface area (Å²) >= 11 is 2.19. The Morgan fingerprint density at radius 3 is 3.08 bits per heavy atom. The van der Waals surface area contributed by atoms with Crippen molar-refractivity contribution in [2.75, 3.05) is 0 Å². The Balaban J connectivity index is 2.96. The summed E-state index contributed by atoms with van der Waals surface area (Å²) in [5, 5.41) is 9.74. The van der Waals surface area contributed by atoms with Crippen LogP contribution in [0.3, 0.4) is 0 Å². The summed E-state index contributed by atoms with van der Waals surface area (Å²) in [6.45, 7) is 0. The van der Waals surface area contributed by atoms with Crippen LogP contribution in [0.1, 0.15) is 5.56 Å². The van der Waals surface area contributed by atoms with Crippen molar-refractivity contribution < 1.29 is 0 Å². The molecule has 0 spiro atoms. The first-order valence-corrected chi connectivity index (χ1v) is 4.41. The van der Waals surface area contributed by atoms with Gasteiger partial charge in [0.15, 0.2) is 0 Å². The second kappa shape index (κ2) is 2.75. The summed E-state index contributed by atoms with van der Waals surface area (Å²) in [5.74, 6) is 0. The normalized spacial score (nSPS) is 10.0. The van der Waals surface area contributed by atoms with Crippen molar-refractivity contribution in [2.24, 2.45) is 0 Å². The van der Waals surface area contributed by atoms with Gasteiger partial charge in [-0.25, -0.2) is 0 Å². The Labute approximate surface area is 82.6 Å². The molecule has 12 heavy (non-hydrogen) atoms. The van der Waals surface area contributed by atoms with Gasteiger partial charge in [0.1, 0.15) is 6.07 Å². The number of fused-ring (bicyclic) bond motifs is 1. The molecular formula is C8H4IN3. The molecule has 2 rings (SSSR count). The van der Waals surface area contributed by atoms with Crippen LogP contribution >= 0.6 is 22.6 Å². The maximum absolute atomic E-state index is 8.77. The fourth-order valence-electron chi connectivity index (χ4n) is 1.13. The minimum Gasteiger partial charge on any atom is -0.359 e. The van der Waals surface area contributed by atoms with E-state index in [0.29, 0.717) is 5.56 Å². The highest BCUT2D eigenvalue weighted by Crippen LogP contribution is 2.21. The van der Waals surface area contributed by atoms with Gasteiger partial charge in [-0.15, -0.1) is 0 Å². The lowest BCUT2D eigenvalue weighted by molar-refractivity contribution is 1.32. The highest BCUT2D eigenvalue weighted by atomic mass is 127. The van der Waals surface area contributed by atoms with Gasteiger partial charge in [-0.2, -0.15) is 5.26 Å². The van der Waals surface area contributed by atoms with Crippen molar-refractivity contribution >= 4 is 33.5 Å². The number of halogens is 1. The van der Waals surface area contributed by atoms with Crippen LogP contribution in [-0.2, 0) is 0 Å². The fourth-order valence-corrected chi connectivity index (χ4v) is 1.86. The molecule has 3 nitrogen and oxygen atoms in total. The van der Waals surface area contributed by atoms with Gasteiger partial charge in [0.05, 0.1) is 17.3 Å². The van der Waals surface area contributed by atoms with Crippen LogP contribution in [0.15, 0.2) is 18.6 Å². The Morgan fingerprint density at radius 2 is 2.33 bits per heavy atom. The van der Waals surface area contributed by atoms with E-state index < -0.39 is 0 Å². The minimum atomic E-state index is 0.623. The van der Waals surface area contributed by atoms with Crippen molar-refractivity contribution in [1.82, 2.24) is 9.97 Å². The first-order chi connectivity index (χ1) is 5.83. The van der Waals surface area contributed by atoms with E-state index >= 15 is 0 Å². The third-order valence-electron chi connectivity index (χ3n) is 1.66. The monoisotopic (exact) mass is 269 g/mol. The third kappa shape index (κ3) is 0.975. The number of rotatable bonds is 0. The molecule has 4 heteroatoms. The van der Waals surface area contributed by atoms with Gasteiger partial charge in [-0.3, -0.25) is 4.98 Å². The molecule has 58 valence electrons. The molecule has 0 aliphatic heterocycles. The van der Waals surface area contributed by atoms with Gasteiger partial charge in [-0.05, 0) is 22.6 Å². The summed E-state index contributed by atoms with van der Waals surface area (Å²) in [6.07, 6.45) is 5.17. The van der Waals surface area contributed by atoms with Crippen LogP contribution in [0.25, 0.3) is 10.9 Å². The topological polar surface area (TPSA) is 52.5 Å². The minimum absolute atomic E-state index is 0.623. The zero-order valence-electron chi connectivity index (χ0n) is 6.00. The Bertz CT molecular complexity index is 467. The van der Waals surface area contributed by atoms with Crippen LogP contribution in [0, 0.1) is 14.9 Å². The summed E-state index contributed by atoms with van der Waals surface area (Å²) in [5.41, 5.74) is 1.54. The van der Waals surface area contributed by atoms with Crippen LogP contribution in [0.2, 0.25) is 0 Å². The van der Waals surface area contributed by atoms with Crippen LogP contribution in [0.4, 0.5) is 0 Å². The Kier molecular flexibility index (Phi) is 1.73. The van der Waals surface area contributed by atoms with E-state index in [4.69, 9.17) is 5.26 Å². The van der Waals surface area contributed by atoms with Crippen molar-refractivity contribution in [3.63, 3.8) is 0 Å². The highest BCUT2D eigenvalue weighted by molar-refractivity contribution is 14.1. The number of hydrogen-bond acceptors (Lipinski definition) is 2. The quantitative estimate of drug-likeness (QED) is 0.744. The summed E-state index contributed by atoms with van der Waals surface area (Å²) in [7, 11) is 0. The standard InChI is InChI=1S/C8H4IN3/c9-6-3-12-7-4-11-2-5(1-10)8(6)7/h2-4,12H. The van der Waals surface area contributed by atoms with Gasteiger partial charge in [0.2, 0.25) is 0 Å². The smallest absolute Gasteiger partial charge is 0.102 e. The van der Waals surface area contributed by atoms with Crippen LogP contribution in [-0.4, -0.2) is 9.97 Å². The van der Waals surface area contributed by atoms with Crippen LogP contribution < -0.4 is 0 Å². The van der Waals surface area contributed by atoms with E-state index in [2.05, 4.69) is 38.6 Å². The summed E-state index contributed by atoms with van der Waals surface area (Å²) < 4.78 is 1.06. The second-order valence-corrected chi connectivity index (χ2v) is 3.52. The molecule has 1 N–H and O–H groups in total. The number of pyridine rings is 1. The molecule has 0 radical (unpaired) electrons. The maximum Gasteiger partial charge on any atom is 0.102 e. The summed E-state index contributed by atoms with van der Waals surface area (Å²) in [6, 6.07) is 2.11. The molecule has 0 aliphatic carbocycles.